The zero-order valence-corrected chi connectivity index (χ0v) is 19.7. The topological polar surface area (TPSA) is 63.4 Å². The van der Waals surface area contributed by atoms with Crippen molar-refractivity contribution in [2.45, 2.75) is 32.2 Å². The molecule has 5 nitrogen and oxygen atoms in total. The number of para-hydroxylation sites is 1. The smallest absolute Gasteiger partial charge is 0.221 e. The Labute approximate surface area is 198 Å². The fraction of sp³-hybridized carbons (Fsp3) is 0.250. The molecule has 1 amide bonds. The number of ether oxygens (including phenoxy) is 2. The Kier molecular flexibility index (Phi) is 7.16. The Balaban J connectivity index is 1.69. The average molecular weight is 461 g/mol. The minimum atomic E-state index is -0.298. The molecule has 1 atom stereocenters. The van der Waals surface area contributed by atoms with Gasteiger partial charge >= 0.3 is 0 Å². The molecule has 0 bridgehead atoms. The first-order chi connectivity index (χ1) is 16.5. The lowest BCUT2D eigenvalue weighted by atomic mass is 9.87. The quantitative estimate of drug-likeness (QED) is 0.336. The fourth-order valence-corrected chi connectivity index (χ4v) is 4.32. The molecule has 0 radical (unpaired) electrons. The van der Waals surface area contributed by atoms with E-state index in [0.29, 0.717) is 18.0 Å². The number of fused-ring (bicyclic) bond motifs is 1. The molecule has 4 rings (SSSR count). The van der Waals surface area contributed by atoms with Crippen molar-refractivity contribution in [1.82, 2.24) is 10.3 Å². The van der Waals surface area contributed by atoms with E-state index in [9.17, 15) is 9.18 Å². The summed E-state index contributed by atoms with van der Waals surface area (Å²) < 4.78 is 24.2. The summed E-state index contributed by atoms with van der Waals surface area (Å²) in [7, 11) is 3.23. The first kappa shape index (κ1) is 23.4. The van der Waals surface area contributed by atoms with Crippen LogP contribution in [-0.4, -0.2) is 25.1 Å². The maximum Gasteiger partial charge on any atom is 0.221 e. The highest BCUT2D eigenvalue weighted by Gasteiger charge is 2.23. The fourth-order valence-electron chi connectivity index (χ4n) is 4.32. The van der Waals surface area contributed by atoms with Crippen LogP contribution in [0.2, 0.25) is 0 Å². The molecule has 0 saturated heterocycles. The summed E-state index contributed by atoms with van der Waals surface area (Å²) in [5.41, 5.74) is 5.13. The molecule has 1 aromatic heterocycles. The predicted octanol–water partition coefficient (Wildman–Crippen LogP) is 5.73. The van der Waals surface area contributed by atoms with Crippen molar-refractivity contribution in [1.29, 1.82) is 0 Å². The lowest BCUT2D eigenvalue weighted by molar-refractivity contribution is -0.121. The molecule has 3 aromatic carbocycles. The minimum Gasteiger partial charge on any atom is -0.497 e. The highest BCUT2D eigenvalue weighted by molar-refractivity contribution is 5.88. The third kappa shape index (κ3) is 5.06. The van der Waals surface area contributed by atoms with Crippen LogP contribution < -0.4 is 14.8 Å². The van der Waals surface area contributed by atoms with Gasteiger partial charge in [0.1, 0.15) is 17.3 Å². The zero-order valence-electron chi connectivity index (χ0n) is 19.7. The van der Waals surface area contributed by atoms with Gasteiger partial charge in [0.2, 0.25) is 5.91 Å². The third-order valence-corrected chi connectivity index (χ3v) is 6.16. The summed E-state index contributed by atoms with van der Waals surface area (Å²) in [5, 5.41) is 4.07. The van der Waals surface area contributed by atoms with Gasteiger partial charge in [-0.05, 0) is 52.9 Å². The van der Waals surface area contributed by atoms with E-state index >= 15 is 0 Å². The summed E-state index contributed by atoms with van der Waals surface area (Å²) >= 11 is 0. The number of amides is 1. The van der Waals surface area contributed by atoms with Gasteiger partial charge in [-0.3, -0.25) is 4.79 Å². The van der Waals surface area contributed by atoms with E-state index in [1.807, 2.05) is 24.4 Å². The van der Waals surface area contributed by atoms with E-state index in [1.165, 1.54) is 17.7 Å². The van der Waals surface area contributed by atoms with Crippen molar-refractivity contribution in [3.63, 3.8) is 0 Å². The van der Waals surface area contributed by atoms with Crippen LogP contribution in [0, 0.1) is 5.82 Å². The number of aryl methyl sites for hydroxylation is 1. The molecule has 0 aliphatic heterocycles. The Morgan fingerprint density at radius 2 is 1.74 bits per heavy atom. The number of aromatic amines is 1. The molecule has 176 valence electrons. The summed E-state index contributed by atoms with van der Waals surface area (Å²) in [6.07, 6.45) is 3.14. The number of methoxy groups -OCH3 is 2. The van der Waals surface area contributed by atoms with E-state index < -0.39 is 0 Å². The van der Waals surface area contributed by atoms with Crippen molar-refractivity contribution >= 4 is 16.8 Å². The number of hydrogen-bond donors (Lipinski definition) is 2. The molecule has 0 aliphatic carbocycles. The Morgan fingerprint density at radius 1 is 1.03 bits per heavy atom. The monoisotopic (exact) mass is 460 g/mol. The molecule has 2 N–H and O–H groups in total. The van der Waals surface area contributed by atoms with Gasteiger partial charge in [-0.25, -0.2) is 4.39 Å². The van der Waals surface area contributed by atoms with E-state index in [-0.39, 0.29) is 24.1 Å². The second-order valence-electron chi connectivity index (χ2n) is 8.24. The lowest BCUT2D eigenvalue weighted by Gasteiger charge is -2.19. The summed E-state index contributed by atoms with van der Waals surface area (Å²) in [5.74, 6) is 0.711. The van der Waals surface area contributed by atoms with Gasteiger partial charge in [0, 0.05) is 42.0 Å². The minimum absolute atomic E-state index is 0.0999. The van der Waals surface area contributed by atoms with Crippen LogP contribution in [0.1, 0.15) is 41.5 Å². The number of aromatic nitrogens is 1. The van der Waals surface area contributed by atoms with Crippen molar-refractivity contribution in [3.05, 3.63) is 94.9 Å². The number of H-pyrrole nitrogens is 1. The van der Waals surface area contributed by atoms with Gasteiger partial charge in [0.05, 0.1) is 14.2 Å². The van der Waals surface area contributed by atoms with Crippen LogP contribution in [-0.2, 0) is 17.8 Å². The van der Waals surface area contributed by atoms with Crippen LogP contribution in [0.3, 0.4) is 0 Å². The number of nitrogens with one attached hydrogen (secondary N) is 2. The molecule has 1 heterocycles. The molecule has 4 aromatic rings. The molecule has 0 fully saturated rings. The lowest BCUT2D eigenvalue weighted by Crippen LogP contribution is -2.25. The van der Waals surface area contributed by atoms with Gasteiger partial charge in [-0.1, -0.05) is 37.3 Å². The van der Waals surface area contributed by atoms with Crippen molar-refractivity contribution < 1.29 is 18.7 Å². The number of benzene rings is 3. The SMILES string of the molecule is CCc1cccc2c(C(CC(=O)NCc3ccc(F)cc3)c3cc(OC)cc(OC)c3)c[nH]c12. The normalized spacial score (nSPS) is 11.9. The Morgan fingerprint density at radius 3 is 2.38 bits per heavy atom. The Bertz CT molecular complexity index is 1260. The number of hydrogen-bond acceptors (Lipinski definition) is 3. The van der Waals surface area contributed by atoms with E-state index in [4.69, 9.17) is 9.47 Å². The van der Waals surface area contributed by atoms with E-state index in [1.54, 1.807) is 26.4 Å². The molecule has 0 aliphatic rings. The Hall–Kier alpha value is -3.80. The molecule has 1 unspecified atom stereocenters. The van der Waals surface area contributed by atoms with Crippen molar-refractivity contribution in [2.75, 3.05) is 14.2 Å². The molecular formula is C28H29FN2O3. The highest BCUT2D eigenvalue weighted by Crippen LogP contribution is 2.37. The van der Waals surface area contributed by atoms with Crippen LogP contribution in [0.5, 0.6) is 11.5 Å². The molecule has 0 saturated carbocycles. The van der Waals surface area contributed by atoms with Gasteiger partial charge in [-0.2, -0.15) is 0 Å². The van der Waals surface area contributed by atoms with Crippen molar-refractivity contribution in [3.8, 4) is 11.5 Å². The first-order valence-electron chi connectivity index (χ1n) is 11.3. The standard InChI is InChI=1S/C28H29FN2O3/c1-4-19-6-5-7-24-26(17-31-28(19)24)25(20-12-22(33-2)14-23(13-20)34-3)15-27(32)30-16-18-8-10-21(29)11-9-18/h5-14,17,25,31H,4,15-16H2,1-3H3,(H,30,32). The van der Waals surface area contributed by atoms with Crippen LogP contribution in [0.25, 0.3) is 10.9 Å². The number of carbonyl (C=O) groups is 1. The van der Waals surface area contributed by atoms with Crippen LogP contribution in [0.4, 0.5) is 4.39 Å². The summed E-state index contributed by atoms with van der Waals surface area (Å²) in [6.45, 7) is 2.46. The number of halogens is 1. The maximum atomic E-state index is 13.2. The highest BCUT2D eigenvalue weighted by atomic mass is 19.1. The van der Waals surface area contributed by atoms with Gasteiger partial charge in [-0.15, -0.1) is 0 Å². The zero-order chi connectivity index (χ0) is 24.1. The molecule has 0 spiro atoms. The molecule has 34 heavy (non-hydrogen) atoms. The van der Waals surface area contributed by atoms with Gasteiger partial charge in [0.15, 0.2) is 0 Å². The van der Waals surface area contributed by atoms with E-state index in [0.717, 1.165) is 34.0 Å². The second kappa shape index (κ2) is 10.4. The van der Waals surface area contributed by atoms with Crippen molar-refractivity contribution in [2.24, 2.45) is 0 Å². The number of carbonyl (C=O) groups excluding carboxylic acids is 1. The molecule has 6 heteroatoms. The second-order valence-corrected chi connectivity index (χ2v) is 8.24. The third-order valence-electron chi connectivity index (χ3n) is 6.16. The van der Waals surface area contributed by atoms with Crippen LogP contribution >= 0.6 is 0 Å². The average Bonchev–Trinajstić information content (AvgIpc) is 3.30. The molecular weight excluding hydrogens is 431 g/mol. The van der Waals surface area contributed by atoms with Crippen LogP contribution in [0.15, 0.2) is 66.9 Å². The summed E-state index contributed by atoms with van der Waals surface area (Å²) in [4.78, 5) is 16.5. The largest absolute Gasteiger partial charge is 0.497 e. The summed E-state index contributed by atoms with van der Waals surface area (Å²) in [6, 6.07) is 18.1. The van der Waals surface area contributed by atoms with Gasteiger partial charge in [0.25, 0.3) is 0 Å². The van der Waals surface area contributed by atoms with Gasteiger partial charge < -0.3 is 19.8 Å². The number of rotatable bonds is 9. The first-order valence-corrected chi connectivity index (χ1v) is 11.3. The predicted molar refractivity (Wildman–Crippen MR) is 132 cm³/mol. The maximum absolute atomic E-state index is 13.2. The van der Waals surface area contributed by atoms with E-state index in [2.05, 4.69) is 35.4 Å².